The number of halogens is 1. The number of benzene rings is 1. The van der Waals surface area contributed by atoms with Gasteiger partial charge in [0.25, 0.3) is 11.5 Å². The van der Waals surface area contributed by atoms with Crippen LogP contribution in [0, 0.1) is 12.7 Å². The van der Waals surface area contributed by atoms with Gasteiger partial charge in [0.2, 0.25) is 0 Å². The summed E-state index contributed by atoms with van der Waals surface area (Å²) in [6, 6.07) is 5.42. The van der Waals surface area contributed by atoms with E-state index >= 15 is 0 Å². The van der Waals surface area contributed by atoms with Crippen LogP contribution in [-0.4, -0.2) is 27.1 Å². The van der Waals surface area contributed by atoms with Crippen molar-refractivity contribution in [2.45, 2.75) is 13.0 Å². The van der Waals surface area contributed by atoms with Crippen LogP contribution < -0.4 is 10.9 Å². The molecule has 25 heavy (non-hydrogen) atoms. The van der Waals surface area contributed by atoms with Crippen molar-refractivity contribution in [2.24, 2.45) is 7.05 Å². The number of aryl methyl sites for hydroxylation is 2. The monoisotopic (exact) mass is 361 g/mol. The summed E-state index contributed by atoms with van der Waals surface area (Å²) < 4.78 is 14.3. The summed E-state index contributed by atoms with van der Waals surface area (Å²) in [5.41, 5.74) is 0.872. The molecule has 6 nitrogen and oxygen atoms in total. The van der Waals surface area contributed by atoms with Crippen LogP contribution in [0.3, 0.4) is 0 Å². The molecule has 8 heteroatoms. The Labute approximate surface area is 146 Å². The lowest BCUT2D eigenvalue weighted by Gasteiger charge is -2.12. The predicted octanol–water partition coefficient (Wildman–Crippen LogP) is 1.91. The molecule has 3 aromatic rings. The minimum Gasteiger partial charge on any atom is -0.387 e. The Bertz CT molecular complexity index is 995. The number of nitrogens with zero attached hydrogens (tertiary/aromatic N) is 2. The summed E-state index contributed by atoms with van der Waals surface area (Å²) in [5.74, 6) is -0.779. The highest BCUT2D eigenvalue weighted by molar-refractivity contribution is 7.20. The largest absolute Gasteiger partial charge is 0.387 e. The van der Waals surface area contributed by atoms with Crippen molar-refractivity contribution in [2.75, 3.05) is 6.54 Å². The van der Waals surface area contributed by atoms with E-state index in [4.69, 9.17) is 0 Å². The number of hydrogen-bond acceptors (Lipinski definition) is 5. The minimum atomic E-state index is -0.953. The Hall–Kier alpha value is -2.58. The molecule has 2 N–H and O–H groups in total. The van der Waals surface area contributed by atoms with E-state index in [0.29, 0.717) is 26.2 Å². The van der Waals surface area contributed by atoms with Gasteiger partial charge in [-0.1, -0.05) is 12.1 Å². The summed E-state index contributed by atoms with van der Waals surface area (Å²) in [7, 11) is 1.60. The fourth-order valence-corrected chi connectivity index (χ4v) is 3.55. The van der Waals surface area contributed by atoms with E-state index < -0.39 is 11.9 Å². The zero-order valence-corrected chi connectivity index (χ0v) is 14.4. The molecule has 1 unspecified atom stereocenters. The van der Waals surface area contributed by atoms with Crippen LogP contribution in [0.25, 0.3) is 10.2 Å². The Balaban J connectivity index is 1.78. The number of rotatable bonds is 4. The van der Waals surface area contributed by atoms with E-state index in [2.05, 4.69) is 10.3 Å². The molecule has 0 spiro atoms. The molecule has 0 aliphatic rings. The number of aromatic nitrogens is 2. The third-order valence-corrected chi connectivity index (χ3v) is 5.13. The third kappa shape index (κ3) is 3.31. The van der Waals surface area contributed by atoms with Gasteiger partial charge in [-0.15, -0.1) is 11.3 Å². The van der Waals surface area contributed by atoms with Crippen molar-refractivity contribution in [3.63, 3.8) is 0 Å². The Kier molecular flexibility index (Phi) is 4.65. The van der Waals surface area contributed by atoms with Gasteiger partial charge in [-0.2, -0.15) is 0 Å². The van der Waals surface area contributed by atoms with Crippen LogP contribution in [-0.2, 0) is 7.05 Å². The van der Waals surface area contributed by atoms with Crippen LogP contribution in [0.4, 0.5) is 4.39 Å². The highest BCUT2D eigenvalue weighted by Crippen LogP contribution is 2.26. The molecular weight excluding hydrogens is 345 g/mol. The van der Waals surface area contributed by atoms with Crippen molar-refractivity contribution in [1.29, 1.82) is 0 Å². The van der Waals surface area contributed by atoms with Gasteiger partial charge in [0.1, 0.15) is 10.6 Å². The average Bonchev–Trinajstić information content (AvgIpc) is 2.94. The molecule has 0 saturated carbocycles. The van der Waals surface area contributed by atoms with Crippen molar-refractivity contribution >= 4 is 27.5 Å². The molecule has 0 radical (unpaired) electrons. The molecule has 0 fully saturated rings. The van der Waals surface area contributed by atoms with E-state index in [0.717, 1.165) is 11.3 Å². The first-order valence-corrected chi connectivity index (χ1v) is 8.36. The van der Waals surface area contributed by atoms with Gasteiger partial charge in [-0.25, -0.2) is 9.37 Å². The zero-order chi connectivity index (χ0) is 18.1. The lowest BCUT2D eigenvalue weighted by molar-refractivity contribution is 0.0920. The van der Waals surface area contributed by atoms with E-state index in [1.807, 2.05) is 0 Å². The fourth-order valence-electron chi connectivity index (χ4n) is 2.50. The number of amides is 1. The number of nitrogens with one attached hydrogen (secondary N) is 1. The van der Waals surface area contributed by atoms with E-state index in [-0.39, 0.29) is 18.0 Å². The topological polar surface area (TPSA) is 84.2 Å². The fraction of sp³-hybridized carbons (Fsp3) is 0.235. The maximum absolute atomic E-state index is 12.9. The molecular formula is C17H16FN3O3S. The van der Waals surface area contributed by atoms with Crippen LogP contribution in [0.15, 0.2) is 35.4 Å². The summed E-state index contributed by atoms with van der Waals surface area (Å²) in [6.07, 6.45) is 0.464. The quantitative estimate of drug-likeness (QED) is 0.743. The van der Waals surface area contributed by atoms with Crippen LogP contribution in [0.1, 0.15) is 26.9 Å². The molecule has 2 heterocycles. The molecule has 0 bridgehead atoms. The van der Waals surface area contributed by atoms with Gasteiger partial charge in [-0.05, 0) is 30.2 Å². The maximum atomic E-state index is 12.9. The van der Waals surface area contributed by atoms with E-state index in [9.17, 15) is 19.1 Å². The number of aliphatic hydroxyl groups is 1. The van der Waals surface area contributed by atoms with Crippen molar-refractivity contribution < 1.29 is 14.3 Å². The van der Waals surface area contributed by atoms with Crippen LogP contribution in [0.2, 0.25) is 0 Å². The average molecular weight is 361 g/mol. The molecule has 1 amide bonds. The molecule has 0 aliphatic heterocycles. The maximum Gasteiger partial charge on any atom is 0.262 e. The predicted molar refractivity (Wildman–Crippen MR) is 93.3 cm³/mol. The molecule has 3 rings (SSSR count). The second kappa shape index (κ2) is 6.73. The molecule has 0 aliphatic carbocycles. The Morgan fingerprint density at radius 1 is 1.40 bits per heavy atom. The number of carbonyl (C=O) groups is 1. The van der Waals surface area contributed by atoms with Gasteiger partial charge in [0.15, 0.2) is 0 Å². The minimum absolute atomic E-state index is 0.0242. The SMILES string of the molecule is Cc1c(C(=O)NCC(O)c2ccc(F)cc2)sc2ncn(C)c(=O)c12. The standard InChI is InChI=1S/C17H16FN3O3S/c1-9-13-16(20-8-21(2)17(13)24)25-14(9)15(23)19-7-12(22)10-3-5-11(18)6-4-10/h3-6,8,12,22H,7H2,1-2H3,(H,19,23). The second-order valence-electron chi connectivity index (χ2n) is 5.67. The van der Waals surface area contributed by atoms with Crippen molar-refractivity contribution in [3.8, 4) is 0 Å². The summed E-state index contributed by atoms with van der Waals surface area (Å²) >= 11 is 1.14. The molecule has 1 aromatic carbocycles. The van der Waals surface area contributed by atoms with E-state index in [1.165, 1.54) is 35.2 Å². The summed E-state index contributed by atoms with van der Waals surface area (Å²) in [5, 5.41) is 13.2. The van der Waals surface area contributed by atoms with E-state index in [1.54, 1.807) is 14.0 Å². The first-order chi connectivity index (χ1) is 11.9. The normalized spacial score (nSPS) is 12.3. The zero-order valence-electron chi connectivity index (χ0n) is 13.6. The Morgan fingerprint density at radius 2 is 2.08 bits per heavy atom. The van der Waals surface area contributed by atoms with Crippen molar-refractivity contribution in [1.82, 2.24) is 14.9 Å². The van der Waals surface area contributed by atoms with Gasteiger partial charge >= 0.3 is 0 Å². The number of thiophene rings is 1. The molecule has 2 aromatic heterocycles. The van der Waals surface area contributed by atoms with Crippen molar-refractivity contribution in [3.05, 3.63) is 62.8 Å². The van der Waals surface area contributed by atoms with Gasteiger partial charge < -0.3 is 15.0 Å². The molecule has 1 atom stereocenters. The van der Waals surface area contributed by atoms with Crippen LogP contribution in [0.5, 0.6) is 0 Å². The highest BCUT2D eigenvalue weighted by atomic mass is 32.1. The lowest BCUT2D eigenvalue weighted by atomic mass is 10.1. The van der Waals surface area contributed by atoms with Crippen LogP contribution >= 0.6 is 11.3 Å². The first-order valence-electron chi connectivity index (χ1n) is 7.55. The number of aliphatic hydroxyl groups excluding tert-OH is 1. The summed E-state index contributed by atoms with van der Waals surface area (Å²) in [4.78, 5) is 29.7. The third-order valence-electron chi connectivity index (χ3n) is 3.93. The summed E-state index contributed by atoms with van der Waals surface area (Å²) in [6.45, 7) is 1.68. The lowest BCUT2D eigenvalue weighted by Crippen LogP contribution is -2.28. The Morgan fingerprint density at radius 3 is 2.76 bits per heavy atom. The second-order valence-corrected chi connectivity index (χ2v) is 6.67. The highest BCUT2D eigenvalue weighted by Gasteiger charge is 2.19. The molecule has 130 valence electrons. The molecule has 0 saturated heterocycles. The number of hydrogen-bond donors (Lipinski definition) is 2. The van der Waals surface area contributed by atoms with Gasteiger partial charge in [0, 0.05) is 13.6 Å². The number of fused-ring (bicyclic) bond motifs is 1. The first kappa shape index (κ1) is 17.2. The number of carbonyl (C=O) groups excluding carboxylic acids is 1. The smallest absolute Gasteiger partial charge is 0.262 e. The van der Waals surface area contributed by atoms with Gasteiger partial charge in [0.05, 0.1) is 22.7 Å². The van der Waals surface area contributed by atoms with Gasteiger partial charge in [-0.3, -0.25) is 9.59 Å².